The van der Waals surface area contributed by atoms with Crippen LogP contribution >= 0.6 is 0 Å². The van der Waals surface area contributed by atoms with Gasteiger partial charge in [-0.3, -0.25) is 0 Å². The maximum Gasteiger partial charge on any atom is 0.167 e. The molecule has 0 spiro atoms. The maximum absolute atomic E-state index is 15.1. The second-order valence-electron chi connectivity index (χ2n) is 10.2. The summed E-state index contributed by atoms with van der Waals surface area (Å²) in [5.41, 5.74) is 0.135. The zero-order valence-electron chi connectivity index (χ0n) is 20.3. The van der Waals surface area contributed by atoms with Crippen molar-refractivity contribution in [1.82, 2.24) is 0 Å². The standard InChI is InChI=1S/C29H36F4O/c1-3-5-18-7-9-19(10-8-18)22-13-15-24(28(32)26(22)30)25-16-14-23(27(31)29(25)33)20-11-12-21(6-4-2)34-17-20/h13-16,18-21H,3-12,17H2,1-2H3. The number of rotatable bonds is 7. The molecule has 186 valence electrons. The highest BCUT2D eigenvalue weighted by Crippen LogP contribution is 2.41. The molecule has 0 amide bonds. The lowest BCUT2D eigenvalue weighted by molar-refractivity contribution is -0.00181. The van der Waals surface area contributed by atoms with Crippen molar-refractivity contribution in [1.29, 1.82) is 0 Å². The molecule has 1 nitrogen and oxygen atoms in total. The van der Waals surface area contributed by atoms with E-state index in [0.717, 1.165) is 57.8 Å². The van der Waals surface area contributed by atoms with E-state index in [2.05, 4.69) is 13.8 Å². The molecule has 5 heteroatoms. The molecule has 0 radical (unpaired) electrons. The summed E-state index contributed by atoms with van der Waals surface area (Å²) in [7, 11) is 0. The van der Waals surface area contributed by atoms with E-state index in [1.165, 1.54) is 24.6 Å². The third kappa shape index (κ3) is 5.19. The largest absolute Gasteiger partial charge is 0.378 e. The van der Waals surface area contributed by atoms with Crippen LogP contribution in [0, 0.1) is 29.2 Å². The Morgan fingerprint density at radius 2 is 1.18 bits per heavy atom. The molecule has 1 saturated heterocycles. The monoisotopic (exact) mass is 476 g/mol. The van der Waals surface area contributed by atoms with E-state index in [1.54, 1.807) is 6.07 Å². The first-order chi connectivity index (χ1) is 16.4. The highest BCUT2D eigenvalue weighted by atomic mass is 19.2. The Bertz CT molecular complexity index is 893. The second-order valence-corrected chi connectivity index (χ2v) is 10.2. The molecule has 2 fully saturated rings. The molecule has 2 aromatic carbocycles. The average molecular weight is 477 g/mol. The molecule has 2 atom stereocenters. The van der Waals surface area contributed by atoms with Gasteiger partial charge in [0.05, 0.1) is 12.7 Å². The Morgan fingerprint density at radius 3 is 1.68 bits per heavy atom. The van der Waals surface area contributed by atoms with Crippen molar-refractivity contribution in [2.24, 2.45) is 5.92 Å². The normalized spacial score (nSPS) is 25.5. The van der Waals surface area contributed by atoms with E-state index >= 15 is 17.6 Å². The lowest BCUT2D eigenvalue weighted by Crippen LogP contribution is -2.25. The quantitative estimate of drug-likeness (QED) is 0.362. The molecule has 2 unspecified atom stereocenters. The van der Waals surface area contributed by atoms with Gasteiger partial charge >= 0.3 is 0 Å². The van der Waals surface area contributed by atoms with Crippen LogP contribution in [0.4, 0.5) is 17.6 Å². The van der Waals surface area contributed by atoms with E-state index in [4.69, 9.17) is 4.74 Å². The molecule has 2 aromatic rings. The molecule has 2 aliphatic rings. The Balaban J connectivity index is 1.53. The second kappa shape index (κ2) is 11.2. The Labute approximate surface area is 200 Å². The Hall–Kier alpha value is -1.88. The van der Waals surface area contributed by atoms with Crippen LogP contribution in [0.25, 0.3) is 11.1 Å². The van der Waals surface area contributed by atoms with Crippen LogP contribution in [0.3, 0.4) is 0 Å². The van der Waals surface area contributed by atoms with Gasteiger partial charge in [0.15, 0.2) is 23.3 Å². The van der Waals surface area contributed by atoms with Crippen molar-refractivity contribution in [2.45, 2.75) is 96.0 Å². The third-order valence-electron chi connectivity index (χ3n) is 7.92. The van der Waals surface area contributed by atoms with Gasteiger partial charge in [-0.1, -0.05) is 57.4 Å². The van der Waals surface area contributed by atoms with Gasteiger partial charge in [0.25, 0.3) is 0 Å². The van der Waals surface area contributed by atoms with Crippen molar-refractivity contribution >= 4 is 0 Å². The van der Waals surface area contributed by atoms with Crippen LogP contribution in [0.1, 0.15) is 101 Å². The molecular formula is C29H36F4O. The molecule has 1 aliphatic heterocycles. The van der Waals surface area contributed by atoms with Crippen LogP contribution in [0.5, 0.6) is 0 Å². The summed E-state index contributed by atoms with van der Waals surface area (Å²) in [5.74, 6) is -3.73. The number of benzene rings is 2. The minimum absolute atomic E-state index is 0.0246. The molecule has 1 heterocycles. The lowest BCUT2D eigenvalue weighted by atomic mass is 9.77. The summed E-state index contributed by atoms with van der Waals surface area (Å²) in [6, 6.07) is 5.84. The van der Waals surface area contributed by atoms with Crippen LogP contribution in [-0.2, 0) is 4.74 Å². The molecule has 0 bridgehead atoms. The number of ether oxygens (including phenoxy) is 1. The fourth-order valence-corrected chi connectivity index (χ4v) is 5.95. The van der Waals surface area contributed by atoms with E-state index in [-0.39, 0.29) is 34.6 Å². The summed E-state index contributed by atoms with van der Waals surface area (Å²) in [4.78, 5) is 0. The molecule has 1 aliphatic carbocycles. The SMILES string of the molecule is CCCC1CCC(c2ccc(-c3ccc(C4CCC(CCC)OC4)c(F)c3F)c(F)c2F)CC1. The smallest absolute Gasteiger partial charge is 0.167 e. The minimum atomic E-state index is -1.13. The zero-order valence-corrected chi connectivity index (χ0v) is 20.3. The Kier molecular flexibility index (Phi) is 8.34. The van der Waals surface area contributed by atoms with Gasteiger partial charge in [0, 0.05) is 17.0 Å². The van der Waals surface area contributed by atoms with E-state index < -0.39 is 23.3 Å². The molecule has 0 N–H and O–H groups in total. The molecular weight excluding hydrogens is 440 g/mol. The van der Waals surface area contributed by atoms with Crippen LogP contribution in [-0.4, -0.2) is 12.7 Å². The summed E-state index contributed by atoms with van der Waals surface area (Å²) in [6.07, 6.45) is 9.71. The van der Waals surface area contributed by atoms with Crippen molar-refractivity contribution in [2.75, 3.05) is 6.61 Å². The molecule has 34 heavy (non-hydrogen) atoms. The molecule has 4 rings (SSSR count). The number of hydrogen-bond donors (Lipinski definition) is 0. The van der Waals surface area contributed by atoms with Gasteiger partial charge in [-0.25, -0.2) is 17.6 Å². The first-order valence-corrected chi connectivity index (χ1v) is 13.0. The third-order valence-corrected chi connectivity index (χ3v) is 7.92. The summed E-state index contributed by atoms with van der Waals surface area (Å²) in [6.45, 7) is 4.61. The average Bonchev–Trinajstić information content (AvgIpc) is 2.85. The van der Waals surface area contributed by atoms with E-state index in [9.17, 15) is 0 Å². The van der Waals surface area contributed by atoms with Gasteiger partial charge in [-0.15, -0.1) is 0 Å². The topological polar surface area (TPSA) is 9.23 Å². The van der Waals surface area contributed by atoms with Crippen molar-refractivity contribution < 1.29 is 22.3 Å². The molecule has 1 saturated carbocycles. The fourth-order valence-electron chi connectivity index (χ4n) is 5.95. The van der Waals surface area contributed by atoms with Gasteiger partial charge in [-0.2, -0.15) is 0 Å². The van der Waals surface area contributed by atoms with Crippen LogP contribution in [0.15, 0.2) is 24.3 Å². The first kappa shape index (κ1) is 25.2. The summed E-state index contributed by atoms with van der Waals surface area (Å²) in [5, 5.41) is 0. The number of halogens is 4. The van der Waals surface area contributed by atoms with E-state index in [1.807, 2.05) is 0 Å². The summed E-state index contributed by atoms with van der Waals surface area (Å²) < 4.78 is 66.1. The van der Waals surface area contributed by atoms with Gasteiger partial charge in [-0.05, 0) is 67.9 Å². The predicted octanol–water partition coefficient (Wildman–Crippen LogP) is 9.05. The first-order valence-electron chi connectivity index (χ1n) is 13.0. The zero-order chi connectivity index (χ0) is 24.2. The van der Waals surface area contributed by atoms with E-state index in [0.29, 0.717) is 18.1 Å². The van der Waals surface area contributed by atoms with Crippen molar-refractivity contribution in [3.8, 4) is 11.1 Å². The maximum atomic E-state index is 15.1. The highest BCUT2D eigenvalue weighted by Gasteiger charge is 2.29. The van der Waals surface area contributed by atoms with Crippen LogP contribution < -0.4 is 0 Å². The summed E-state index contributed by atoms with van der Waals surface area (Å²) >= 11 is 0. The van der Waals surface area contributed by atoms with Crippen molar-refractivity contribution in [3.63, 3.8) is 0 Å². The van der Waals surface area contributed by atoms with Gasteiger partial charge in [0.1, 0.15) is 0 Å². The van der Waals surface area contributed by atoms with Crippen molar-refractivity contribution in [3.05, 3.63) is 58.7 Å². The van der Waals surface area contributed by atoms with Gasteiger partial charge in [0.2, 0.25) is 0 Å². The molecule has 0 aromatic heterocycles. The van der Waals surface area contributed by atoms with Crippen LogP contribution in [0.2, 0.25) is 0 Å². The minimum Gasteiger partial charge on any atom is -0.378 e. The fraction of sp³-hybridized carbons (Fsp3) is 0.586. The van der Waals surface area contributed by atoms with Gasteiger partial charge < -0.3 is 4.74 Å². The predicted molar refractivity (Wildman–Crippen MR) is 128 cm³/mol. The lowest BCUT2D eigenvalue weighted by Gasteiger charge is -2.30. The number of hydrogen-bond acceptors (Lipinski definition) is 1. The Morgan fingerprint density at radius 1 is 0.647 bits per heavy atom. The highest BCUT2D eigenvalue weighted by molar-refractivity contribution is 5.66.